The number of halogens is 2. The normalized spacial score (nSPS) is 15.6. The Morgan fingerprint density at radius 2 is 1.94 bits per heavy atom. The molecule has 3 aromatic rings. The maximum absolute atomic E-state index is 13.5. The van der Waals surface area contributed by atoms with Gasteiger partial charge in [-0.2, -0.15) is 0 Å². The quantitative estimate of drug-likeness (QED) is 0.524. The SMILES string of the molecule is COc1cc2ncnc(Nc3ccc(F)c(Cl)c3)c2cc1OCC(C)N1CCCCC1. The van der Waals surface area contributed by atoms with Crippen molar-refractivity contribution in [2.75, 3.05) is 32.1 Å². The van der Waals surface area contributed by atoms with Crippen molar-refractivity contribution in [1.82, 2.24) is 14.9 Å². The molecule has 164 valence electrons. The molecule has 1 N–H and O–H groups in total. The number of ether oxygens (including phenoxy) is 2. The predicted molar refractivity (Wildman–Crippen MR) is 121 cm³/mol. The third kappa shape index (κ3) is 4.99. The molecule has 0 amide bonds. The molecule has 1 aromatic heterocycles. The molecule has 0 bridgehead atoms. The summed E-state index contributed by atoms with van der Waals surface area (Å²) in [7, 11) is 1.61. The fraction of sp³-hybridized carbons (Fsp3) is 0.391. The van der Waals surface area contributed by atoms with Crippen LogP contribution in [0.15, 0.2) is 36.7 Å². The number of aromatic nitrogens is 2. The van der Waals surface area contributed by atoms with Gasteiger partial charge >= 0.3 is 0 Å². The standard InChI is InChI=1S/C23H26ClFN4O2/c1-15(29-8-4-3-5-9-29)13-31-22-11-17-20(12-21(22)30-2)26-14-27-23(17)28-16-6-7-19(25)18(24)10-16/h6-7,10-12,14-15H,3-5,8-9,13H2,1-2H3,(H,26,27,28). The van der Waals surface area contributed by atoms with Crippen LogP contribution in [0.4, 0.5) is 15.9 Å². The van der Waals surface area contributed by atoms with Crippen LogP contribution >= 0.6 is 11.6 Å². The molecule has 1 aliphatic rings. The van der Waals surface area contributed by atoms with Crippen LogP contribution in [-0.4, -0.2) is 47.7 Å². The van der Waals surface area contributed by atoms with Crippen LogP contribution in [0, 0.1) is 5.82 Å². The van der Waals surface area contributed by atoms with Crippen molar-refractivity contribution in [1.29, 1.82) is 0 Å². The summed E-state index contributed by atoms with van der Waals surface area (Å²) in [5, 5.41) is 4.00. The van der Waals surface area contributed by atoms with Gasteiger partial charge in [-0.25, -0.2) is 14.4 Å². The lowest BCUT2D eigenvalue weighted by Crippen LogP contribution is -2.40. The van der Waals surface area contributed by atoms with E-state index in [1.54, 1.807) is 13.2 Å². The fourth-order valence-corrected chi connectivity index (χ4v) is 4.00. The van der Waals surface area contributed by atoms with Crippen molar-refractivity contribution in [2.24, 2.45) is 0 Å². The minimum atomic E-state index is -0.469. The van der Waals surface area contributed by atoms with E-state index < -0.39 is 5.82 Å². The van der Waals surface area contributed by atoms with E-state index >= 15 is 0 Å². The topological polar surface area (TPSA) is 59.5 Å². The van der Waals surface area contributed by atoms with Gasteiger partial charge in [0.1, 0.15) is 24.6 Å². The molecule has 1 saturated heterocycles. The average molecular weight is 445 g/mol. The Morgan fingerprint density at radius 1 is 1.13 bits per heavy atom. The zero-order valence-electron chi connectivity index (χ0n) is 17.7. The van der Waals surface area contributed by atoms with Gasteiger partial charge in [-0.15, -0.1) is 0 Å². The van der Waals surface area contributed by atoms with E-state index in [1.165, 1.54) is 37.7 Å². The number of fused-ring (bicyclic) bond motifs is 1. The smallest absolute Gasteiger partial charge is 0.162 e. The molecule has 4 rings (SSSR count). The largest absolute Gasteiger partial charge is 0.493 e. The molecule has 8 heteroatoms. The molecule has 0 saturated carbocycles. The molecular weight excluding hydrogens is 419 g/mol. The van der Waals surface area contributed by atoms with Crippen LogP contribution in [-0.2, 0) is 0 Å². The fourth-order valence-electron chi connectivity index (χ4n) is 3.82. The number of nitrogens with one attached hydrogen (secondary N) is 1. The number of anilines is 2. The highest BCUT2D eigenvalue weighted by Crippen LogP contribution is 2.35. The first kappa shape index (κ1) is 21.6. The van der Waals surface area contributed by atoms with E-state index in [0.29, 0.717) is 41.2 Å². The van der Waals surface area contributed by atoms with Gasteiger partial charge in [0.15, 0.2) is 11.5 Å². The summed E-state index contributed by atoms with van der Waals surface area (Å²) in [5.41, 5.74) is 1.34. The zero-order valence-corrected chi connectivity index (χ0v) is 18.5. The highest BCUT2D eigenvalue weighted by atomic mass is 35.5. The van der Waals surface area contributed by atoms with E-state index in [9.17, 15) is 4.39 Å². The Morgan fingerprint density at radius 3 is 2.68 bits per heavy atom. The lowest BCUT2D eigenvalue weighted by molar-refractivity contribution is 0.123. The number of hydrogen-bond donors (Lipinski definition) is 1. The van der Waals surface area contributed by atoms with Gasteiger partial charge < -0.3 is 14.8 Å². The summed E-state index contributed by atoms with van der Waals surface area (Å²) in [4.78, 5) is 11.2. The average Bonchev–Trinajstić information content (AvgIpc) is 2.80. The van der Waals surface area contributed by atoms with Gasteiger partial charge in [-0.3, -0.25) is 4.90 Å². The minimum Gasteiger partial charge on any atom is -0.493 e. The van der Waals surface area contributed by atoms with E-state index in [2.05, 4.69) is 27.1 Å². The van der Waals surface area contributed by atoms with Gasteiger partial charge in [0.2, 0.25) is 0 Å². The van der Waals surface area contributed by atoms with Crippen LogP contribution in [0.2, 0.25) is 5.02 Å². The number of piperidine rings is 1. The van der Waals surface area contributed by atoms with Gasteiger partial charge in [0.25, 0.3) is 0 Å². The highest BCUT2D eigenvalue weighted by molar-refractivity contribution is 6.31. The van der Waals surface area contributed by atoms with Crippen molar-refractivity contribution in [3.8, 4) is 11.5 Å². The number of likely N-dealkylation sites (tertiary alicyclic amines) is 1. The van der Waals surface area contributed by atoms with Crippen LogP contribution in [0.1, 0.15) is 26.2 Å². The molecule has 6 nitrogen and oxygen atoms in total. The Balaban J connectivity index is 1.59. The maximum Gasteiger partial charge on any atom is 0.162 e. The molecule has 1 atom stereocenters. The molecule has 2 aromatic carbocycles. The second-order valence-corrected chi connectivity index (χ2v) is 8.16. The molecule has 0 spiro atoms. The summed E-state index contributed by atoms with van der Waals surface area (Å²) >= 11 is 5.91. The Kier molecular flexibility index (Phi) is 6.73. The predicted octanol–water partition coefficient (Wildman–Crippen LogP) is 5.43. The molecule has 1 unspecified atom stereocenters. The second-order valence-electron chi connectivity index (χ2n) is 7.75. The summed E-state index contributed by atoms with van der Waals surface area (Å²) in [5.74, 6) is 1.36. The lowest BCUT2D eigenvalue weighted by Gasteiger charge is -2.32. The second kappa shape index (κ2) is 9.66. The van der Waals surface area contributed by atoms with E-state index in [1.807, 2.05) is 12.1 Å². The van der Waals surface area contributed by atoms with Crippen molar-refractivity contribution in [2.45, 2.75) is 32.2 Å². The minimum absolute atomic E-state index is 0.0424. The van der Waals surface area contributed by atoms with Gasteiger partial charge in [-0.1, -0.05) is 18.0 Å². The third-order valence-corrected chi connectivity index (χ3v) is 5.89. The first-order valence-electron chi connectivity index (χ1n) is 10.5. The Hall–Kier alpha value is -2.64. The zero-order chi connectivity index (χ0) is 21.8. The van der Waals surface area contributed by atoms with E-state index in [0.717, 1.165) is 18.5 Å². The van der Waals surface area contributed by atoms with Crippen molar-refractivity contribution < 1.29 is 13.9 Å². The van der Waals surface area contributed by atoms with Crippen LogP contribution in [0.3, 0.4) is 0 Å². The number of hydrogen-bond acceptors (Lipinski definition) is 6. The molecule has 0 radical (unpaired) electrons. The maximum atomic E-state index is 13.5. The summed E-state index contributed by atoms with van der Waals surface area (Å²) < 4.78 is 25.2. The van der Waals surface area contributed by atoms with E-state index in [-0.39, 0.29) is 5.02 Å². The van der Waals surface area contributed by atoms with Crippen LogP contribution in [0.25, 0.3) is 10.9 Å². The first-order chi connectivity index (χ1) is 15.0. The van der Waals surface area contributed by atoms with Crippen LogP contribution < -0.4 is 14.8 Å². The summed E-state index contributed by atoms with van der Waals surface area (Å²) in [6.45, 7) is 4.97. The van der Waals surface area contributed by atoms with E-state index in [4.69, 9.17) is 21.1 Å². The van der Waals surface area contributed by atoms with Crippen molar-refractivity contribution in [3.05, 3.63) is 47.5 Å². The molecule has 2 heterocycles. The number of rotatable bonds is 7. The molecule has 1 aliphatic heterocycles. The molecule has 0 aliphatic carbocycles. The van der Waals surface area contributed by atoms with Crippen molar-refractivity contribution >= 4 is 34.0 Å². The Bertz CT molecular complexity index is 1060. The molecule has 31 heavy (non-hydrogen) atoms. The van der Waals surface area contributed by atoms with Gasteiger partial charge in [0.05, 0.1) is 17.6 Å². The summed E-state index contributed by atoms with van der Waals surface area (Å²) in [6, 6.07) is 8.47. The lowest BCUT2D eigenvalue weighted by atomic mass is 10.1. The van der Waals surface area contributed by atoms with Gasteiger partial charge in [0, 0.05) is 23.2 Å². The van der Waals surface area contributed by atoms with Gasteiger partial charge in [-0.05, 0) is 57.1 Å². The highest BCUT2D eigenvalue weighted by Gasteiger charge is 2.19. The number of nitrogens with zero attached hydrogens (tertiary/aromatic N) is 3. The van der Waals surface area contributed by atoms with Crippen LogP contribution in [0.5, 0.6) is 11.5 Å². The monoisotopic (exact) mass is 444 g/mol. The summed E-state index contributed by atoms with van der Waals surface area (Å²) in [6.07, 6.45) is 5.25. The number of methoxy groups -OCH3 is 1. The third-order valence-electron chi connectivity index (χ3n) is 5.60. The first-order valence-corrected chi connectivity index (χ1v) is 10.8. The number of benzene rings is 2. The Labute approximate surface area is 186 Å². The van der Waals surface area contributed by atoms with Crippen molar-refractivity contribution in [3.63, 3.8) is 0 Å². The molecular formula is C23H26ClFN4O2. The molecule has 1 fully saturated rings.